The molecule has 0 saturated carbocycles. The first-order valence-electron chi connectivity index (χ1n) is 21.9. The number of benzene rings is 10. The lowest BCUT2D eigenvalue weighted by Crippen LogP contribution is -2.28. The standard InChI is InChI=1S/C61H40N2/c1-5-19-41(20-6-1)42-33-36-47(37-34-42)62-55-31-17-14-27-48(55)49-38-35-43(39-57(49)62)52-40-54-59(60-58(52)51-29-15-18-32-56(51)63(60)46-25-11-4-12-26-46)50-28-13-16-30-53(50)61(54,44-21-7-2-8-22-44)45-23-9-3-10-24-45/h1-40H. The second-order valence-electron chi connectivity index (χ2n) is 16.8. The lowest BCUT2D eigenvalue weighted by Gasteiger charge is -2.34. The molecule has 2 aromatic heterocycles. The first-order valence-corrected chi connectivity index (χ1v) is 21.9. The summed E-state index contributed by atoms with van der Waals surface area (Å²) in [5, 5.41) is 4.98. The van der Waals surface area contributed by atoms with Crippen LogP contribution in [0, 0.1) is 0 Å². The van der Waals surface area contributed by atoms with Crippen LogP contribution in [-0.4, -0.2) is 9.13 Å². The van der Waals surface area contributed by atoms with Crippen molar-refractivity contribution in [3.63, 3.8) is 0 Å². The van der Waals surface area contributed by atoms with E-state index in [1.54, 1.807) is 0 Å². The second kappa shape index (κ2) is 13.9. The monoisotopic (exact) mass is 800 g/mol. The molecule has 0 atom stereocenters. The molecule has 0 amide bonds. The SMILES string of the molecule is c1ccc(-c2ccc(-n3c4ccccc4c4ccc(-c5cc6c(c7c5c5ccccc5n7-c5ccccc5)-c5ccccc5C6(c5ccccc5)c5ccccc5)cc43)cc2)cc1. The van der Waals surface area contributed by atoms with Crippen LogP contribution < -0.4 is 0 Å². The van der Waals surface area contributed by atoms with Gasteiger partial charge in [-0.15, -0.1) is 0 Å². The normalized spacial score (nSPS) is 12.9. The van der Waals surface area contributed by atoms with E-state index in [0.717, 1.165) is 11.4 Å². The molecule has 294 valence electrons. The van der Waals surface area contributed by atoms with Gasteiger partial charge in [0.1, 0.15) is 0 Å². The smallest absolute Gasteiger partial charge is 0.0714 e. The third-order valence-electron chi connectivity index (χ3n) is 13.6. The van der Waals surface area contributed by atoms with Gasteiger partial charge in [0.25, 0.3) is 0 Å². The molecule has 0 aliphatic heterocycles. The van der Waals surface area contributed by atoms with Gasteiger partial charge in [0.15, 0.2) is 0 Å². The molecule has 0 bridgehead atoms. The highest BCUT2D eigenvalue weighted by Crippen LogP contribution is 2.60. The molecule has 2 heterocycles. The van der Waals surface area contributed by atoms with E-state index in [-0.39, 0.29) is 0 Å². The topological polar surface area (TPSA) is 9.86 Å². The summed E-state index contributed by atoms with van der Waals surface area (Å²) in [6.07, 6.45) is 0. The van der Waals surface area contributed by atoms with Crippen LogP contribution in [0.25, 0.3) is 88.4 Å². The quantitative estimate of drug-likeness (QED) is 0.159. The van der Waals surface area contributed by atoms with Gasteiger partial charge in [-0.3, -0.25) is 0 Å². The van der Waals surface area contributed by atoms with Crippen molar-refractivity contribution in [1.82, 2.24) is 9.13 Å². The van der Waals surface area contributed by atoms with Crippen molar-refractivity contribution < 1.29 is 0 Å². The summed E-state index contributed by atoms with van der Waals surface area (Å²) in [4.78, 5) is 0. The van der Waals surface area contributed by atoms with Gasteiger partial charge in [-0.25, -0.2) is 0 Å². The third-order valence-corrected chi connectivity index (χ3v) is 13.6. The Kier molecular flexibility index (Phi) is 7.85. The van der Waals surface area contributed by atoms with E-state index >= 15 is 0 Å². The number of hydrogen-bond acceptors (Lipinski definition) is 0. The molecule has 0 saturated heterocycles. The number of nitrogens with zero attached hydrogens (tertiary/aromatic N) is 2. The molecule has 0 spiro atoms. The summed E-state index contributed by atoms with van der Waals surface area (Å²) in [5.41, 5.74) is 19.0. The van der Waals surface area contributed by atoms with Crippen LogP contribution in [-0.2, 0) is 5.41 Å². The highest BCUT2D eigenvalue weighted by molar-refractivity contribution is 6.22. The predicted molar refractivity (Wildman–Crippen MR) is 263 cm³/mol. The Morgan fingerprint density at radius 2 is 0.810 bits per heavy atom. The average Bonchev–Trinajstić information content (AvgIpc) is 3.99. The Morgan fingerprint density at radius 3 is 1.51 bits per heavy atom. The van der Waals surface area contributed by atoms with Crippen LogP contribution >= 0.6 is 0 Å². The summed E-state index contributed by atoms with van der Waals surface area (Å²) in [6, 6.07) is 89.6. The molecule has 0 unspecified atom stereocenters. The van der Waals surface area contributed by atoms with E-state index in [1.807, 2.05) is 0 Å². The Balaban J connectivity index is 1.18. The van der Waals surface area contributed by atoms with Gasteiger partial charge in [-0.2, -0.15) is 0 Å². The van der Waals surface area contributed by atoms with Crippen molar-refractivity contribution in [2.75, 3.05) is 0 Å². The van der Waals surface area contributed by atoms with E-state index in [4.69, 9.17) is 0 Å². The van der Waals surface area contributed by atoms with Crippen molar-refractivity contribution in [3.8, 4) is 44.8 Å². The van der Waals surface area contributed by atoms with Crippen molar-refractivity contribution in [2.24, 2.45) is 0 Å². The zero-order valence-corrected chi connectivity index (χ0v) is 34.5. The van der Waals surface area contributed by atoms with Crippen LogP contribution in [0.1, 0.15) is 22.3 Å². The summed E-state index contributed by atoms with van der Waals surface area (Å²) in [6.45, 7) is 0. The summed E-state index contributed by atoms with van der Waals surface area (Å²) >= 11 is 0. The van der Waals surface area contributed by atoms with Crippen molar-refractivity contribution in [1.29, 1.82) is 0 Å². The van der Waals surface area contributed by atoms with Gasteiger partial charge < -0.3 is 9.13 Å². The number of rotatable bonds is 6. The van der Waals surface area contributed by atoms with Crippen LogP contribution in [0.15, 0.2) is 243 Å². The van der Waals surface area contributed by atoms with Gasteiger partial charge in [0.2, 0.25) is 0 Å². The maximum atomic E-state index is 2.56. The minimum absolute atomic E-state index is 0.575. The van der Waals surface area contributed by atoms with Crippen molar-refractivity contribution in [2.45, 2.75) is 5.41 Å². The Hall–Kier alpha value is -8.20. The molecule has 13 rings (SSSR count). The predicted octanol–water partition coefficient (Wildman–Crippen LogP) is 15.6. The van der Waals surface area contributed by atoms with Gasteiger partial charge >= 0.3 is 0 Å². The third kappa shape index (κ3) is 5.13. The number of hydrogen-bond donors (Lipinski definition) is 0. The molecule has 0 radical (unpaired) electrons. The summed E-state index contributed by atoms with van der Waals surface area (Å²) in [7, 11) is 0. The van der Waals surface area contributed by atoms with Crippen molar-refractivity contribution in [3.05, 3.63) is 265 Å². The van der Waals surface area contributed by atoms with Gasteiger partial charge in [0.05, 0.1) is 27.5 Å². The molecule has 1 aliphatic rings. The number of para-hydroxylation sites is 3. The maximum absolute atomic E-state index is 2.56. The average molecular weight is 801 g/mol. The van der Waals surface area contributed by atoms with E-state index in [1.165, 1.54) is 99.2 Å². The van der Waals surface area contributed by atoms with E-state index in [9.17, 15) is 0 Å². The first kappa shape index (κ1) is 35.5. The summed E-state index contributed by atoms with van der Waals surface area (Å²) in [5.74, 6) is 0. The van der Waals surface area contributed by atoms with Crippen LogP contribution in [0.5, 0.6) is 0 Å². The molecule has 0 N–H and O–H groups in total. The molecular formula is C61H40N2. The van der Waals surface area contributed by atoms with Gasteiger partial charge in [-0.1, -0.05) is 194 Å². The minimum atomic E-state index is -0.575. The highest BCUT2D eigenvalue weighted by atomic mass is 15.0. The van der Waals surface area contributed by atoms with Gasteiger partial charge in [0, 0.05) is 38.5 Å². The first-order chi connectivity index (χ1) is 31.3. The molecule has 2 nitrogen and oxygen atoms in total. The molecule has 1 aliphatic carbocycles. The zero-order chi connectivity index (χ0) is 41.5. The molecule has 63 heavy (non-hydrogen) atoms. The van der Waals surface area contributed by atoms with Gasteiger partial charge in [-0.05, 0) is 98.6 Å². The van der Waals surface area contributed by atoms with E-state index in [0.29, 0.717) is 0 Å². The van der Waals surface area contributed by atoms with Crippen LogP contribution in [0.4, 0.5) is 0 Å². The van der Waals surface area contributed by atoms with E-state index in [2.05, 4.69) is 252 Å². The molecule has 10 aromatic carbocycles. The largest absolute Gasteiger partial charge is 0.309 e. The van der Waals surface area contributed by atoms with E-state index < -0.39 is 5.41 Å². The Labute approximate surface area is 366 Å². The molecule has 12 aromatic rings. The lowest BCUT2D eigenvalue weighted by molar-refractivity contribution is 0.769. The molecular weight excluding hydrogens is 761 g/mol. The van der Waals surface area contributed by atoms with Crippen molar-refractivity contribution >= 4 is 43.6 Å². The number of aromatic nitrogens is 2. The molecule has 2 heteroatoms. The Bertz CT molecular complexity index is 3650. The fraction of sp³-hybridized carbons (Fsp3) is 0.0164. The lowest BCUT2D eigenvalue weighted by atomic mass is 9.67. The maximum Gasteiger partial charge on any atom is 0.0714 e. The highest BCUT2D eigenvalue weighted by Gasteiger charge is 2.48. The number of fused-ring (bicyclic) bond motifs is 10. The van der Waals surface area contributed by atoms with Crippen LogP contribution in [0.2, 0.25) is 0 Å². The minimum Gasteiger partial charge on any atom is -0.309 e. The zero-order valence-electron chi connectivity index (χ0n) is 34.5. The van der Waals surface area contributed by atoms with Crippen LogP contribution in [0.3, 0.4) is 0 Å². The fourth-order valence-electron chi connectivity index (χ4n) is 11.0. The second-order valence-corrected chi connectivity index (χ2v) is 16.8. The Morgan fingerprint density at radius 1 is 0.302 bits per heavy atom. The summed E-state index contributed by atoms with van der Waals surface area (Å²) < 4.78 is 4.98. The molecule has 0 fully saturated rings. The fourth-order valence-corrected chi connectivity index (χ4v) is 11.0.